The number of para-hydroxylation sites is 1. The van der Waals surface area contributed by atoms with Crippen molar-refractivity contribution in [3.63, 3.8) is 0 Å². The molecule has 4 rings (SSSR count). The van der Waals surface area contributed by atoms with Crippen molar-refractivity contribution in [2.45, 2.75) is 24.0 Å². The van der Waals surface area contributed by atoms with Crippen LogP contribution in [0.5, 0.6) is 0 Å². The van der Waals surface area contributed by atoms with Crippen molar-refractivity contribution in [1.29, 1.82) is 0 Å². The van der Waals surface area contributed by atoms with Gasteiger partial charge >= 0.3 is 6.09 Å². The fourth-order valence-electron chi connectivity index (χ4n) is 3.29. The van der Waals surface area contributed by atoms with Crippen LogP contribution in [0, 0.1) is 0 Å². The topological polar surface area (TPSA) is 68.2 Å². The lowest BCUT2D eigenvalue weighted by Crippen LogP contribution is -2.34. The monoisotopic (exact) mass is 382 g/mol. The molecule has 2 heterocycles. The Morgan fingerprint density at radius 2 is 2.00 bits per heavy atom. The average molecular weight is 382 g/mol. The first kappa shape index (κ1) is 17.9. The number of benzene rings is 2. The summed E-state index contributed by atoms with van der Waals surface area (Å²) in [4.78, 5) is 12.3. The van der Waals surface area contributed by atoms with Gasteiger partial charge in [0.25, 0.3) is 0 Å². The van der Waals surface area contributed by atoms with Gasteiger partial charge in [0.15, 0.2) is 0 Å². The molecule has 0 atom stereocenters. The predicted molar refractivity (Wildman–Crippen MR) is 109 cm³/mol. The molecular formula is C20H22N4O2S. The van der Waals surface area contributed by atoms with Gasteiger partial charge in [0.1, 0.15) is 11.1 Å². The number of anilines is 1. The molecule has 2 aromatic carbocycles. The van der Waals surface area contributed by atoms with Crippen LogP contribution >= 0.6 is 11.8 Å². The Balaban J connectivity index is 1.60. The third-order valence-corrected chi connectivity index (χ3v) is 5.34. The number of nitrogens with one attached hydrogen (secondary N) is 2. The van der Waals surface area contributed by atoms with E-state index in [0.717, 1.165) is 47.5 Å². The molecule has 6 nitrogen and oxygen atoms in total. The molecule has 1 aromatic heterocycles. The second kappa shape index (κ2) is 8.02. The molecule has 1 aliphatic heterocycles. The van der Waals surface area contributed by atoms with Crippen LogP contribution in [0.1, 0.15) is 12.8 Å². The Morgan fingerprint density at radius 3 is 2.74 bits per heavy atom. The zero-order chi connectivity index (χ0) is 18.6. The van der Waals surface area contributed by atoms with Gasteiger partial charge in [0, 0.05) is 11.1 Å². The molecule has 7 heteroatoms. The smallest absolute Gasteiger partial charge is 0.411 e. The van der Waals surface area contributed by atoms with E-state index >= 15 is 0 Å². The van der Waals surface area contributed by atoms with E-state index in [0.29, 0.717) is 5.69 Å². The summed E-state index contributed by atoms with van der Waals surface area (Å²) in [5.41, 5.74) is 2.63. The third kappa shape index (κ3) is 3.94. The maximum atomic E-state index is 12.3. The fourth-order valence-corrected chi connectivity index (χ4v) is 3.85. The van der Waals surface area contributed by atoms with Gasteiger partial charge in [-0.05, 0) is 62.5 Å². The van der Waals surface area contributed by atoms with E-state index in [-0.39, 0.29) is 6.10 Å². The van der Waals surface area contributed by atoms with Gasteiger partial charge in [0.2, 0.25) is 0 Å². The van der Waals surface area contributed by atoms with Gasteiger partial charge in [-0.1, -0.05) is 18.2 Å². The molecule has 0 radical (unpaired) electrons. The number of hydrogen-bond donors (Lipinski definition) is 2. The number of hydrogen-bond acceptors (Lipinski definition) is 5. The molecular weight excluding hydrogens is 360 g/mol. The summed E-state index contributed by atoms with van der Waals surface area (Å²) in [5, 5.41) is 12.9. The molecule has 0 unspecified atom stereocenters. The lowest BCUT2D eigenvalue weighted by atomic mass is 10.1. The van der Waals surface area contributed by atoms with Crippen LogP contribution in [0.3, 0.4) is 0 Å². The Labute approximate surface area is 162 Å². The summed E-state index contributed by atoms with van der Waals surface area (Å²) in [6.45, 7) is 1.77. The number of rotatable bonds is 4. The van der Waals surface area contributed by atoms with Gasteiger partial charge < -0.3 is 10.1 Å². The van der Waals surface area contributed by atoms with Gasteiger partial charge in [-0.3, -0.25) is 5.32 Å². The number of carbonyl (C=O) groups is 1. The summed E-state index contributed by atoms with van der Waals surface area (Å²) in [5.74, 6) is 0. The highest BCUT2D eigenvalue weighted by molar-refractivity contribution is 7.98. The van der Waals surface area contributed by atoms with Crippen molar-refractivity contribution >= 4 is 34.4 Å². The summed E-state index contributed by atoms with van der Waals surface area (Å²) >= 11 is 1.61. The zero-order valence-electron chi connectivity index (χ0n) is 15.1. The Bertz CT molecular complexity index is 936. The zero-order valence-corrected chi connectivity index (χ0v) is 16.0. The first-order chi connectivity index (χ1) is 13.2. The van der Waals surface area contributed by atoms with Gasteiger partial charge in [-0.25, -0.2) is 9.48 Å². The number of amides is 1. The van der Waals surface area contributed by atoms with Gasteiger partial charge in [-0.2, -0.15) is 5.10 Å². The molecule has 1 amide bonds. The molecule has 27 heavy (non-hydrogen) atoms. The normalized spacial score (nSPS) is 15.0. The number of fused-ring (bicyclic) bond motifs is 1. The van der Waals surface area contributed by atoms with Crippen LogP contribution < -0.4 is 10.6 Å². The van der Waals surface area contributed by atoms with E-state index in [1.54, 1.807) is 11.8 Å². The minimum atomic E-state index is -0.405. The molecule has 140 valence electrons. The minimum Gasteiger partial charge on any atom is -0.446 e. The molecule has 0 saturated carbocycles. The SMILES string of the molecule is CSc1nn(-c2ccccc2)c2cc(NC(=O)OC3CCNCC3)ccc12. The first-order valence-corrected chi connectivity index (χ1v) is 10.3. The lowest BCUT2D eigenvalue weighted by molar-refractivity contribution is 0.0909. The summed E-state index contributed by atoms with van der Waals surface area (Å²) in [7, 11) is 0. The predicted octanol–water partition coefficient (Wildman–Crippen LogP) is 4.05. The fraction of sp³-hybridized carbons (Fsp3) is 0.300. The van der Waals surface area contributed by atoms with Crippen molar-refractivity contribution in [2.75, 3.05) is 24.7 Å². The largest absolute Gasteiger partial charge is 0.446 e. The molecule has 0 bridgehead atoms. The molecule has 1 saturated heterocycles. The van der Waals surface area contributed by atoms with E-state index in [2.05, 4.69) is 10.6 Å². The number of aromatic nitrogens is 2. The van der Waals surface area contributed by atoms with Crippen LogP contribution in [0.15, 0.2) is 53.6 Å². The first-order valence-electron chi connectivity index (χ1n) is 9.05. The van der Waals surface area contributed by atoms with Crippen molar-refractivity contribution in [2.24, 2.45) is 0 Å². The molecule has 2 N–H and O–H groups in total. The van der Waals surface area contributed by atoms with Crippen LogP contribution in [0.2, 0.25) is 0 Å². The second-order valence-corrected chi connectivity index (χ2v) is 7.26. The van der Waals surface area contributed by atoms with Crippen LogP contribution in [-0.4, -0.2) is 41.3 Å². The maximum Gasteiger partial charge on any atom is 0.411 e. The number of carbonyl (C=O) groups excluding carboxylic acids is 1. The highest BCUT2D eigenvalue weighted by Gasteiger charge is 2.18. The minimum absolute atomic E-state index is 0.0204. The third-order valence-electron chi connectivity index (χ3n) is 4.65. The summed E-state index contributed by atoms with van der Waals surface area (Å²) in [6.07, 6.45) is 3.29. The van der Waals surface area contributed by atoms with Crippen molar-refractivity contribution < 1.29 is 9.53 Å². The van der Waals surface area contributed by atoms with E-state index < -0.39 is 6.09 Å². The van der Waals surface area contributed by atoms with Crippen LogP contribution in [-0.2, 0) is 4.74 Å². The highest BCUT2D eigenvalue weighted by Crippen LogP contribution is 2.30. The molecule has 1 fully saturated rings. The van der Waals surface area contributed by atoms with E-state index in [1.807, 2.05) is 59.5 Å². The highest BCUT2D eigenvalue weighted by atomic mass is 32.2. The van der Waals surface area contributed by atoms with E-state index in [1.165, 1.54) is 0 Å². The number of ether oxygens (including phenoxy) is 1. The number of thioether (sulfide) groups is 1. The van der Waals surface area contributed by atoms with Crippen molar-refractivity contribution in [3.8, 4) is 5.69 Å². The van der Waals surface area contributed by atoms with E-state index in [9.17, 15) is 4.79 Å². The Kier molecular flexibility index (Phi) is 5.31. The van der Waals surface area contributed by atoms with E-state index in [4.69, 9.17) is 9.84 Å². The summed E-state index contributed by atoms with van der Waals surface area (Å²) in [6, 6.07) is 15.8. The Morgan fingerprint density at radius 1 is 1.22 bits per heavy atom. The maximum absolute atomic E-state index is 12.3. The molecule has 0 aliphatic carbocycles. The average Bonchev–Trinajstić information content (AvgIpc) is 3.07. The standard InChI is InChI=1S/C20H22N4O2S/c1-27-19-17-8-7-14(22-20(25)26-16-9-11-21-12-10-16)13-18(17)24(23-19)15-5-3-2-4-6-15/h2-8,13,16,21H,9-12H2,1H3,(H,22,25). The van der Waals surface area contributed by atoms with Crippen LogP contribution in [0.25, 0.3) is 16.6 Å². The quantitative estimate of drug-likeness (QED) is 0.667. The molecule has 1 aliphatic rings. The Hall–Kier alpha value is -2.51. The molecule has 0 spiro atoms. The van der Waals surface area contributed by atoms with Crippen molar-refractivity contribution in [1.82, 2.24) is 15.1 Å². The lowest BCUT2D eigenvalue weighted by Gasteiger charge is -2.22. The van der Waals surface area contributed by atoms with Gasteiger partial charge in [0.05, 0.1) is 11.2 Å². The number of piperidine rings is 1. The van der Waals surface area contributed by atoms with Gasteiger partial charge in [-0.15, -0.1) is 11.8 Å². The number of nitrogens with zero attached hydrogens (tertiary/aromatic N) is 2. The molecule has 3 aromatic rings. The summed E-state index contributed by atoms with van der Waals surface area (Å²) < 4.78 is 7.44. The second-order valence-electron chi connectivity index (χ2n) is 6.47. The van der Waals surface area contributed by atoms with Crippen molar-refractivity contribution in [3.05, 3.63) is 48.5 Å². The van der Waals surface area contributed by atoms with Crippen LogP contribution in [0.4, 0.5) is 10.5 Å².